The van der Waals surface area contributed by atoms with Gasteiger partial charge in [-0.25, -0.2) is 0 Å². The van der Waals surface area contributed by atoms with Crippen molar-refractivity contribution in [2.24, 2.45) is 17.3 Å². The first-order chi connectivity index (χ1) is 11.0. The number of ether oxygens (including phenoxy) is 1. The van der Waals surface area contributed by atoms with Crippen molar-refractivity contribution in [1.29, 1.82) is 0 Å². The van der Waals surface area contributed by atoms with Gasteiger partial charge in [0.05, 0.1) is 19.3 Å². The number of methoxy groups -OCH3 is 1. The van der Waals surface area contributed by atoms with Gasteiger partial charge in [-0.1, -0.05) is 13.0 Å². The Morgan fingerprint density at radius 3 is 2.78 bits per heavy atom. The molecule has 0 amide bonds. The largest absolute Gasteiger partial charge is 0.497 e. The van der Waals surface area contributed by atoms with Crippen molar-refractivity contribution in [3.63, 3.8) is 0 Å². The Labute approximate surface area is 136 Å². The predicted molar refractivity (Wildman–Crippen MR) is 85.6 cm³/mol. The Bertz CT molecular complexity index is 655. The van der Waals surface area contributed by atoms with Gasteiger partial charge in [0.1, 0.15) is 5.75 Å². The van der Waals surface area contributed by atoms with E-state index >= 15 is 0 Å². The molecule has 0 spiro atoms. The van der Waals surface area contributed by atoms with Gasteiger partial charge in [-0.15, -0.1) is 0 Å². The van der Waals surface area contributed by atoms with Crippen LogP contribution in [0.1, 0.15) is 54.4 Å². The molecule has 4 heteroatoms. The highest BCUT2D eigenvalue weighted by Gasteiger charge is 2.58. The SMILES string of the molecule is COc1ccc2c(c1)C(=O)C[C@@H]1[C@@H]2[C@H](O)C[C@]2(C)[C@@H](O)CC[C@@H]12. The van der Waals surface area contributed by atoms with Crippen LogP contribution in [-0.4, -0.2) is 35.3 Å². The van der Waals surface area contributed by atoms with E-state index in [1.165, 1.54) is 0 Å². The van der Waals surface area contributed by atoms with E-state index in [0.29, 0.717) is 30.1 Å². The van der Waals surface area contributed by atoms with Gasteiger partial charge >= 0.3 is 0 Å². The van der Waals surface area contributed by atoms with E-state index in [9.17, 15) is 15.0 Å². The van der Waals surface area contributed by atoms with Crippen LogP contribution in [0.25, 0.3) is 0 Å². The Kier molecular flexibility index (Phi) is 3.33. The second kappa shape index (κ2) is 5.05. The van der Waals surface area contributed by atoms with Gasteiger partial charge in [0.25, 0.3) is 0 Å². The fraction of sp³-hybridized carbons (Fsp3) is 0.632. The van der Waals surface area contributed by atoms with Crippen LogP contribution in [0.2, 0.25) is 0 Å². The Morgan fingerprint density at radius 2 is 2.04 bits per heavy atom. The molecule has 0 unspecified atom stereocenters. The summed E-state index contributed by atoms with van der Waals surface area (Å²) in [6.45, 7) is 2.09. The molecule has 4 rings (SSSR count). The molecule has 0 bridgehead atoms. The van der Waals surface area contributed by atoms with Crippen LogP contribution in [-0.2, 0) is 0 Å². The first-order valence-electron chi connectivity index (χ1n) is 8.53. The molecule has 1 aromatic rings. The molecule has 3 aliphatic carbocycles. The van der Waals surface area contributed by atoms with Gasteiger partial charge in [-0.05, 0) is 54.2 Å². The highest BCUT2D eigenvalue weighted by Crippen LogP contribution is 2.60. The van der Waals surface area contributed by atoms with Crippen LogP contribution in [0.3, 0.4) is 0 Å². The van der Waals surface area contributed by atoms with E-state index in [2.05, 4.69) is 6.92 Å². The fourth-order valence-electron chi connectivity index (χ4n) is 5.57. The minimum atomic E-state index is -0.505. The zero-order chi connectivity index (χ0) is 16.4. The Balaban J connectivity index is 1.79. The second-order valence-corrected chi connectivity index (χ2v) is 7.75. The smallest absolute Gasteiger partial charge is 0.163 e. The molecule has 4 nitrogen and oxygen atoms in total. The molecule has 23 heavy (non-hydrogen) atoms. The Hall–Kier alpha value is -1.39. The number of carbonyl (C=O) groups excluding carboxylic acids is 1. The van der Waals surface area contributed by atoms with Crippen LogP contribution in [0.15, 0.2) is 18.2 Å². The third-order valence-electron chi connectivity index (χ3n) is 6.74. The van der Waals surface area contributed by atoms with Gasteiger partial charge < -0.3 is 14.9 Å². The van der Waals surface area contributed by atoms with Crippen molar-refractivity contribution in [1.82, 2.24) is 0 Å². The lowest BCUT2D eigenvalue weighted by molar-refractivity contribution is -0.0770. The van der Waals surface area contributed by atoms with Crippen molar-refractivity contribution in [2.75, 3.05) is 7.11 Å². The van der Waals surface area contributed by atoms with E-state index < -0.39 is 6.10 Å². The summed E-state index contributed by atoms with van der Waals surface area (Å²) in [7, 11) is 1.60. The third-order valence-corrected chi connectivity index (χ3v) is 6.74. The minimum absolute atomic E-state index is 0.00280. The predicted octanol–water partition coefficient (Wildman–Crippen LogP) is 2.52. The standard InChI is InChI=1S/C19H24O4/c1-19-9-16(21)18-11-4-3-10(23-2)7-12(11)15(20)8-13(18)14(19)5-6-17(19)22/h3-4,7,13-14,16-18,21-22H,5-6,8-9H2,1-2H3/t13-,14-,16+,17-,18+,19-/m0/s1. The lowest BCUT2D eigenvalue weighted by Crippen LogP contribution is -2.50. The van der Waals surface area contributed by atoms with Crippen molar-refractivity contribution in [3.05, 3.63) is 29.3 Å². The number of rotatable bonds is 1. The molecule has 0 saturated heterocycles. The zero-order valence-electron chi connectivity index (χ0n) is 13.7. The summed E-state index contributed by atoms with van der Waals surface area (Å²) >= 11 is 0. The summed E-state index contributed by atoms with van der Waals surface area (Å²) in [6, 6.07) is 5.62. The van der Waals surface area contributed by atoms with Gasteiger partial charge in [0.2, 0.25) is 0 Å². The highest BCUT2D eigenvalue weighted by molar-refractivity contribution is 5.99. The van der Waals surface area contributed by atoms with Crippen molar-refractivity contribution >= 4 is 5.78 Å². The van der Waals surface area contributed by atoms with E-state index in [0.717, 1.165) is 18.4 Å². The van der Waals surface area contributed by atoms with Crippen LogP contribution in [0, 0.1) is 17.3 Å². The van der Waals surface area contributed by atoms with Crippen LogP contribution in [0.5, 0.6) is 5.75 Å². The molecule has 0 radical (unpaired) electrons. The average molecular weight is 316 g/mol. The summed E-state index contributed by atoms with van der Waals surface area (Å²) in [5.41, 5.74) is 1.40. The highest BCUT2D eigenvalue weighted by atomic mass is 16.5. The minimum Gasteiger partial charge on any atom is -0.497 e. The van der Waals surface area contributed by atoms with Crippen molar-refractivity contribution < 1.29 is 19.7 Å². The topological polar surface area (TPSA) is 66.8 Å². The van der Waals surface area contributed by atoms with Gasteiger partial charge in [-0.2, -0.15) is 0 Å². The maximum Gasteiger partial charge on any atom is 0.163 e. The molecule has 0 heterocycles. The first-order valence-corrected chi connectivity index (χ1v) is 8.53. The second-order valence-electron chi connectivity index (χ2n) is 7.75. The van der Waals surface area contributed by atoms with Crippen LogP contribution in [0.4, 0.5) is 0 Å². The first kappa shape index (κ1) is 15.2. The van der Waals surface area contributed by atoms with Crippen molar-refractivity contribution in [2.45, 2.75) is 50.7 Å². The summed E-state index contributed by atoms with van der Waals surface area (Å²) in [4.78, 5) is 12.7. The molecular formula is C19H24O4. The monoisotopic (exact) mass is 316 g/mol. The molecule has 2 saturated carbocycles. The molecule has 2 N–H and O–H groups in total. The molecule has 6 atom stereocenters. The maximum absolute atomic E-state index is 12.7. The van der Waals surface area contributed by atoms with Gasteiger partial charge in [0.15, 0.2) is 5.78 Å². The van der Waals surface area contributed by atoms with Crippen molar-refractivity contribution in [3.8, 4) is 5.75 Å². The quantitative estimate of drug-likeness (QED) is 0.835. The number of Topliss-reactive ketones (excluding diaryl/α,β-unsaturated/α-hetero) is 1. The van der Waals surface area contributed by atoms with Gasteiger partial charge in [0, 0.05) is 17.9 Å². The number of ketones is 1. The number of benzene rings is 1. The molecular weight excluding hydrogens is 292 g/mol. The molecule has 2 fully saturated rings. The van der Waals surface area contributed by atoms with Crippen LogP contribution >= 0.6 is 0 Å². The normalized spacial score (nSPS) is 41.9. The lowest BCUT2D eigenvalue weighted by Gasteiger charge is -2.51. The van der Waals surface area contributed by atoms with Gasteiger partial charge in [-0.3, -0.25) is 4.79 Å². The molecule has 0 aromatic heterocycles. The summed E-state index contributed by atoms with van der Waals surface area (Å²) < 4.78 is 5.24. The fourth-order valence-corrected chi connectivity index (χ4v) is 5.57. The average Bonchev–Trinajstić information content (AvgIpc) is 2.82. The molecule has 124 valence electrons. The number of hydrogen-bond donors (Lipinski definition) is 2. The number of hydrogen-bond acceptors (Lipinski definition) is 4. The van der Waals surface area contributed by atoms with E-state index in [4.69, 9.17) is 4.74 Å². The van der Waals surface area contributed by atoms with Crippen LogP contribution < -0.4 is 4.74 Å². The maximum atomic E-state index is 12.7. The van der Waals surface area contributed by atoms with E-state index in [-0.39, 0.29) is 29.1 Å². The Morgan fingerprint density at radius 1 is 1.26 bits per heavy atom. The summed E-state index contributed by atoms with van der Waals surface area (Å²) in [6.07, 6.45) is 1.93. The number of fused-ring (bicyclic) bond motifs is 5. The lowest BCUT2D eigenvalue weighted by atomic mass is 9.54. The summed E-state index contributed by atoms with van der Waals surface area (Å²) in [5.74, 6) is 1.26. The summed E-state index contributed by atoms with van der Waals surface area (Å²) in [5, 5.41) is 21.2. The molecule has 3 aliphatic rings. The molecule has 1 aromatic carbocycles. The zero-order valence-corrected chi connectivity index (χ0v) is 13.7. The number of aliphatic hydroxyl groups is 2. The number of carbonyl (C=O) groups is 1. The van der Waals surface area contributed by atoms with E-state index in [1.807, 2.05) is 12.1 Å². The third kappa shape index (κ3) is 2.01. The molecule has 0 aliphatic heterocycles. The van der Waals surface area contributed by atoms with E-state index in [1.54, 1.807) is 13.2 Å². The number of aliphatic hydroxyl groups excluding tert-OH is 2.